The maximum atomic E-state index is 12.0. The number of nitrogens with zero attached hydrogens (tertiary/aromatic N) is 3. The van der Waals surface area contributed by atoms with E-state index in [1.165, 1.54) is 7.11 Å². The second kappa shape index (κ2) is 5.05. The van der Waals surface area contributed by atoms with Crippen LogP contribution in [0, 0.1) is 0 Å². The first kappa shape index (κ1) is 12.8. The van der Waals surface area contributed by atoms with E-state index in [1.807, 2.05) is 24.4 Å². The largest absolute Gasteiger partial charge is 0.465 e. The van der Waals surface area contributed by atoms with E-state index in [9.17, 15) is 4.79 Å². The van der Waals surface area contributed by atoms with Crippen LogP contribution in [0.5, 0.6) is 0 Å². The lowest BCUT2D eigenvalue weighted by atomic mass is 10.1. The van der Waals surface area contributed by atoms with Crippen molar-refractivity contribution in [1.29, 1.82) is 0 Å². The maximum absolute atomic E-state index is 12.0. The number of thiophene rings is 1. The molecule has 0 aliphatic heterocycles. The Morgan fingerprint density at radius 3 is 3.00 bits per heavy atom. The van der Waals surface area contributed by atoms with Crippen molar-refractivity contribution in [2.75, 3.05) is 7.11 Å². The van der Waals surface area contributed by atoms with Gasteiger partial charge in [0, 0.05) is 6.54 Å². The van der Waals surface area contributed by atoms with Crippen molar-refractivity contribution in [2.24, 2.45) is 0 Å². The molecule has 0 saturated carbocycles. The second-order valence-electron chi connectivity index (χ2n) is 4.22. The molecule has 0 spiro atoms. The van der Waals surface area contributed by atoms with Crippen molar-refractivity contribution >= 4 is 28.3 Å². The molecule has 5 nitrogen and oxygen atoms in total. The summed E-state index contributed by atoms with van der Waals surface area (Å²) in [5.41, 5.74) is 1.97. The Morgan fingerprint density at radius 2 is 2.35 bits per heavy atom. The summed E-state index contributed by atoms with van der Waals surface area (Å²) < 4.78 is 6.64. The Hall–Kier alpha value is -2.21. The van der Waals surface area contributed by atoms with Gasteiger partial charge in [0.2, 0.25) is 0 Å². The molecule has 0 bridgehead atoms. The molecule has 0 aliphatic carbocycles. The predicted molar refractivity (Wildman–Crippen MR) is 77.9 cm³/mol. The molecule has 0 unspecified atom stereocenters. The van der Waals surface area contributed by atoms with Crippen LogP contribution in [-0.2, 0) is 11.3 Å². The number of carbonyl (C=O) groups is 1. The van der Waals surface area contributed by atoms with Gasteiger partial charge in [0.25, 0.3) is 0 Å². The van der Waals surface area contributed by atoms with Crippen LogP contribution in [0.25, 0.3) is 21.6 Å². The van der Waals surface area contributed by atoms with Crippen molar-refractivity contribution in [1.82, 2.24) is 14.8 Å². The van der Waals surface area contributed by atoms with Crippen molar-refractivity contribution < 1.29 is 9.53 Å². The van der Waals surface area contributed by atoms with Gasteiger partial charge in [-0.25, -0.2) is 14.5 Å². The summed E-state index contributed by atoms with van der Waals surface area (Å²) in [5, 5.41) is 6.97. The third-order valence-electron chi connectivity index (χ3n) is 3.09. The number of aromatic nitrogens is 3. The molecule has 0 aliphatic rings. The number of fused-ring (bicyclic) bond motifs is 1. The van der Waals surface area contributed by atoms with Crippen LogP contribution >= 0.6 is 11.3 Å². The minimum absolute atomic E-state index is 0.370. The van der Waals surface area contributed by atoms with E-state index >= 15 is 0 Å². The summed E-state index contributed by atoms with van der Waals surface area (Å²) in [7, 11) is 1.38. The molecule has 102 valence electrons. The fourth-order valence-electron chi connectivity index (χ4n) is 2.11. The summed E-state index contributed by atoms with van der Waals surface area (Å²) in [4.78, 5) is 17.6. The predicted octanol–water partition coefficient (Wildman–Crippen LogP) is 2.97. The van der Waals surface area contributed by atoms with Crippen molar-refractivity contribution in [2.45, 2.75) is 13.5 Å². The van der Waals surface area contributed by atoms with Crippen LogP contribution in [0.4, 0.5) is 0 Å². The summed E-state index contributed by atoms with van der Waals surface area (Å²) in [6.07, 6.45) is 1.66. The van der Waals surface area contributed by atoms with Gasteiger partial charge in [0.15, 0.2) is 5.65 Å². The molecule has 3 aromatic rings. The van der Waals surface area contributed by atoms with E-state index in [2.05, 4.69) is 10.1 Å². The number of esters is 1. The molecule has 20 heavy (non-hydrogen) atoms. The standard InChI is InChI=1S/C14H13N3O2S/c1-3-17-13-10(8-15-17)9(14(18)19-2)7-11(16-13)12-5-4-6-20-12/h4-8H,3H2,1-2H3. The molecule has 0 atom stereocenters. The molecule has 0 fully saturated rings. The summed E-state index contributed by atoms with van der Waals surface area (Å²) in [6.45, 7) is 2.69. The molecule has 3 aromatic heterocycles. The normalized spacial score (nSPS) is 10.9. The van der Waals surface area contributed by atoms with E-state index in [4.69, 9.17) is 4.74 Å². The number of pyridine rings is 1. The van der Waals surface area contributed by atoms with Gasteiger partial charge in [0.1, 0.15) is 0 Å². The van der Waals surface area contributed by atoms with E-state index in [-0.39, 0.29) is 5.97 Å². The van der Waals surface area contributed by atoms with Gasteiger partial charge in [-0.2, -0.15) is 5.10 Å². The van der Waals surface area contributed by atoms with Gasteiger partial charge in [-0.15, -0.1) is 11.3 Å². The zero-order valence-corrected chi connectivity index (χ0v) is 12.0. The lowest BCUT2D eigenvalue weighted by Gasteiger charge is -2.05. The minimum Gasteiger partial charge on any atom is -0.465 e. The van der Waals surface area contributed by atoms with E-state index < -0.39 is 0 Å². The molecule has 0 saturated heterocycles. The summed E-state index contributed by atoms with van der Waals surface area (Å²) >= 11 is 1.58. The first-order valence-electron chi connectivity index (χ1n) is 6.23. The van der Waals surface area contributed by atoms with E-state index in [0.717, 1.165) is 16.0 Å². The van der Waals surface area contributed by atoms with Crippen LogP contribution in [0.15, 0.2) is 29.8 Å². The molecule has 0 amide bonds. The number of hydrogen-bond donors (Lipinski definition) is 0. The smallest absolute Gasteiger partial charge is 0.338 e. The number of methoxy groups -OCH3 is 1. The van der Waals surface area contributed by atoms with E-state index in [0.29, 0.717) is 17.8 Å². The molecule has 6 heteroatoms. The fraction of sp³-hybridized carbons (Fsp3) is 0.214. The summed E-state index contributed by atoms with van der Waals surface area (Å²) in [5.74, 6) is -0.370. The molecule has 0 aromatic carbocycles. The third kappa shape index (κ3) is 1.98. The molecular weight excluding hydrogens is 274 g/mol. The highest BCUT2D eigenvalue weighted by Gasteiger charge is 2.17. The highest BCUT2D eigenvalue weighted by molar-refractivity contribution is 7.13. The van der Waals surface area contributed by atoms with Gasteiger partial charge in [-0.1, -0.05) is 6.07 Å². The third-order valence-corrected chi connectivity index (χ3v) is 3.98. The number of ether oxygens (including phenoxy) is 1. The Bertz CT molecular complexity index is 762. The number of carbonyl (C=O) groups excluding carboxylic acids is 1. The minimum atomic E-state index is -0.370. The first-order chi connectivity index (χ1) is 9.74. The number of rotatable bonds is 3. The van der Waals surface area contributed by atoms with Crippen LogP contribution in [0.3, 0.4) is 0 Å². The van der Waals surface area contributed by atoms with Gasteiger partial charge in [-0.05, 0) is 24.4 Å². The fourth-order valence-corrected chi connectivity index (χ4v) is 2.79. The highest BCUT2D eigenvalue weighted by Crippen LogP contribution is 2.28. The topological polar surface area (TPSA) is 57.0 Å². The molecular formula is C14H13N3O2S. The average Bonchev–Trinajstić information content (AvgIpc) is 3.14. The number of hydrogen-bond acceptors (Lipinski definition) is 5. The average molecular weight is 287 g/mol. The van der Waals surface area contributed by atoms with Gasteiger partial charge in [-0.3, -0.25) is 0 Å². The lowest BCUT2D eigenvalue weighted by molar-refractivity contribution is 0.0603. The van der Waals surface area contributed by atoms with Crippen LogP contribution in [-0.4, -0.2) is 27.8 Å². The molecule has 3 heterocycles. The van der Waals surface area contributed by atoms with Crippen LogP contribution < -0.4 is 0 Å². The molecule has 0 radical (unpaired) electrons. The van der Waals surface area contributed by atoms with Crippen LogP contribution in [0.2, 0.25) is 0 Å². The van der Waals surface area contributed by atoms with Crippen LogP contribution in [0.1, 0.15) is 17.3 Å². The second-order valence-corrected chi connectivity index (χ2v) is 5.17. The van der Waals surface area contributed by atoms with Crippen molar-refractivity contribution in [3.63, 3.8) is 0 Å². The highest BCUT2D eigenvalue weighted by atomic mass is 32.1. The Labute approximate surface area is 119 Å². The first-order valence-corrected chi connectivity index (χ1v) is 7.11. The monoisotopic (exact) mass is 287 g/mol. The van der Waals surface area contributed by atoms with Crippen molar-refractivity contribution in [3.05, 3.63) is 35.3 Å². The number of aryl methyl sites for hydroxylation is 1. The molecule has 0 N–H and O–H groups in total. The van der Waals surface area contributed by atoms with Gasteiger partial charge in [0.05, 0.1) is 34.8 Å². The SMILES string of the molecule is CCn1ncc2c(C(=O)OC)cc(-c3cccs3)nc21. The molecule has 3 rings (SSSR count). The Morgan fingerprint density at radius 1 is 1.50 bits per heavy atom. The van der Waals surface area contributed by atoms with Crippen molar-refractivity contribution in [3.8, 4) is 10.6 Å². The Balaban J connectivity index is 2.30. The zero-order chi connectivity index (χ0) is 14.1. The van der Waals surface area contributed by atoms with E-state index in [1.54, 1.807) is 28.3 Å². The van der Waals surface area contributed by atoms with Gasteiger partial charge < -0.3 is 4.74 Å². The summed E-state index contributed by atoms with van der Waals surface area (Å²) in [6, 6.07) is 5.70. The van der Waals surface area contributed by atoms with Gasteiger partial charge >= 0.3 is 5.97 Å². The zero-order valence-electron chi connectivity index (χ0n) is 11.2. The maximum Gasteiger partial charge on any atom is 0.338 e. The quantitative estimate of drug-likeness (QED) is 0.695. The lowest BCUT2D eigenvalue weighted by Crippen LogP contribution is -2.04. The Kier molecular flexibility index (Phi) is 3.23.